The average molecular weight is 955 g/mol. The molecule has 13 rings (SSSR count). The molecule has 12 aromatic rings. The number of anilines is 3. The van der Waals surface area contributed by atoms with Gasteiger partial charge < -0.3 is 13.9 Å². The number of aromatic nitrogens is 4. The number of hydrogen-bond acceptors (Lipinski definition) is 3. The van der Waals surface area contributed by atoms with Gasteiger partial charge >= 0.3 is 20.4 Å². The number of fused-ring (bicyclic) bond motifs is 12. The molecule has 316 valence electrons. The molecule has 4 aromatic heterocycles. The zero-order valence-electron chi connectivity index (χ0n) is 36.3. The summed E-state index contributed by atoms with van der Waals surface area (Å²) in [5, 5.41) is 10.6. The summed E-state index contributed by atoms with van der Waals surface area (Å²) in [6, 6.07) is 78.9. The Bertz CT molecular complexity index is 3780. The van der Waals surface area contributed by atoms with Crippen molar-refractivity contribution in [2.24, 2.45) is 0 Å². The molecule has 8 aromatic carbocycles. The van der Waals surface area contributed by atoms with E-state index in [0.29, 0.717) is 0 Å². The minimum atomic E-state index is -3.18. The monoisotopic (exact) mass is 953 g/mol. The van der Waals surface area contributed by atoms with Crippen molar-refractivity contribution in [1.29, 1.82) is 0 Å². The van der Waals surface area contributed by atoms with E-state index < -0.39 is 13.5 Å². The summed E-state index contributed by atoms with van der Waals surface area (Å²) in [5.41, 5.74) is 9.60. The molecule has 66 heavy (non-hydrogen) atoms. The fourth-order valence-electron chi connectivity index (χ4n) is 11.1. The Hall–Kier alpha value is -7.40. The largest absolute Gasteiger partial charge is 2.00 e. The Balaban J connectivity index is 0.00000456. The van der Waals surface area contributed by atoms with Gasteiger partial charge in [-0.3, -0.25) is 4.98 Å². The third-order valence-corrected chi connectivity index (χ3v) is 18.5. The first-order valence-electron chi connectivity index (χ1n) is 22.3. The second-order valence-electron chi connectivity index (χ2n) is 17.6. The van der Waals surface area contributed by atoms with Crippen LogP contribution in [-0.4, -0.2) is 27.0 Å². The number of pyridine rings is 2. The topological polar surface area (TPSA) is 38.4 Å². The summed E-state index contributed by atoms with van der Waals surface area (Å²) >= 11 is 0. The normalized spacial score (nSPS) is 13.3. The molecule has 0 spiro atoms. The fourth-order valence-corrected chi connectivity index (χ4v) is 15.6. The van der Waals surface area contributed by atoms with Crippen LogP contribution in [0.2, 0.25) is 0 Å². The minimum absolute atomic E-state index is 0. The zero-order valence-corrected chi connectivity index (χ0v) is 38.8. The van der Waals surface area contributed by atoms with E-state index in [4.69, 9.17) is 9.97 Å². The summed E-state index contributed by atoms with van der Waals surface area (Å²) in [4.78, 5) is 12.5. The minimum Gasteiger partial charge on any atom is -0.340 e. The molecule has 0 aliphatic carbocycles. The molecule has 0 bridgehead atoms. The van der Waals surface area contributed by atoms with Crippen molar-refractivity contribution >= 4 is 95.1 Å². The van der Waals surface area contributed by atoms with E-state index in [0.717, 1.165) is 60.8 Å². The molecule has 0 amide bonds. The van der Waals surface area contributed by atoms with Gasteiger partial charge in [0.2, 0.25) is 0 Å². The molecule has 1 aliphatic heterocycles. The number of para-hydroxylation sites is 3. The van der Waals surface area contributed by atoms with Crippen molar-refractivity contribution in [1.82, 2.24) is 18.9 Å². The van der Waals surface area contributed by atoms with Gasteiger partial charge in [-0.1, -0.05) is 152 Å². The van der Waals surface area contributed by atoms with E-state index in [2.05, 4.69) is 240 Å². The molecule has 0 saturated heterocycles. The van der Waals surface area contributed by atoms with Gasteiger partial charge in [-0.2, -0.15) is 23.4 Å². The Morgan fingerprint density at radius 2 is 1.15 bits per heavy atom. The summed E-state index contributed by atoms with van der Waals surface area (Å²) in [5.74, 6) is 0.914. The summed E-state index contributed by atoms with van der Waals surface area (Å²) in [7, 11) is -3.18. The first-order valence-corrected chi connectivity index (χ1v) is 24.3. The Morgan fingerprint density at radius 3 is 1.89 bits per heavy atom. The standard InChI is InChI=1S/C59H41N5Si.Pd/c1-59(2)51-28-17-35-60-58(51)64(54-34-33-49-48-27-13-15-30-53(48)63(56(49)55(54)59)40-18-6-3-7-19-40)41-20-16-25-44(38-41)65(42-21-8-4-9-22-42,43-23-10-5-11-24-43)45-31-32-46-47-26-12-14-29-52(47)62-37-36-61-57(62)50(46)39-45;/h3-37H,1-2H3;/q-2;+2. The van der Waals surface area contributed by atoms with Crippen LogP contribution in [0.4, 0.5) is 17.2 Å². The van der Waals surface area contributed by atoms with Gasteiger partial charge in [-0.05, 0) is 52.2 Å². The van der Waals surface area contributed by atoms with Crippen molar-refractivity contribution in [3.05, 3.63) is 236 Å². The van der Waals surface area contributed by atoms with Gasteiger partial charge in [-0.15, -0.1) is 34.8 Å². The van der Waals surface area contributed by atoms with Gasteiger partial charge in [0, 0.05) is 57.1 Å². The molecule has 5 nitrogen and oxygen atoms in total. The van der Waals surface area contributed by atoms with Crippen LogP contribution in [0.1, 0.15) is 25.0 Å². The maximum absolute atomic E-state index is 5.22. The van der Waals surface area contributed by atoms with Gasteiger partial charge in [0.1, 0.15) is 13.9 Å². The SMILES string of the molecule is CC1(C)c2cccnc2N(c2[c-]c([Si](c3[c-]c4c(cc3)c3ccccc3n3ccnc43)(c3ccccc3)c3ccccc3)ccc2)c2ccc3c4ccccc4n(-c4ccccc4)c3c21.[Pd+2]. The molecule has 0 radical (unpaired) electrons. The molecule has 1 aliphatic rings. The fraction of sp³-hybridized carbons (Fsp3) is 0.0508. The smallest absolute Gasteiger partial charge is 0.340 e. The number of benzene rings is 8. The van der Waals surface area contributed by atoms with Crippen molar-refractivity contribution in [2.75, 3.05) is 4.90 Å². The number of hydrogen-bond donors (Lipinski definition) is 0. The molecule has 7 heteroatoms. The molecule has 0 saturated carbocycles. The van der Waals surface area contributed by atoms with Gasteiger partial charge in [0.15, 0.2) is 0 Å². The Morgan fingerprint density at radius 1 is 0.515 bits per heavy atom. The van der Waals surface area contributed by atoms with E-state index in [1.807, 2.05) is 12.4 Å². The third kappa shape index (κ3) is 5.67. The van der Waals surface area contributed by atoms with Crippen molar-refractivity contribution in [2.45, 2.75) is 19.3 Å². The molecular formula is C59H41N5PdSi. The number of nitrogens with zero attached hydrogens (tertiary/aromatic N) is 5. The van der Waals surface area contributed by atoms with Crippen LogP contribution in [-0.2, 0) is 25.8 Å². The van der Waals surface area contributed by atoms with E-state index >= 15 is 0 Å². The van der Waals surface area contributed by atoms with Crippen LogP contribution in [0.15, 0.2) is 213 Å². The van der Waals surface area contributed by atoms with Gasteiger partial charge in [0.25, 0.3) is 0 Å². The Kier molecular flexibility index (Phi) is 9.34. The zero-order chi connectivity index (χ0) is 43.3. The predicted octanol–water partition coefficient (Wildman–Crippen LogP) is 11.2. The van der Waals surface area contributed by atoms with Crippen molar-refractivity contribution in [3.63, 3.8) is 0 Å². The van der Waals surface area contributed by atoms with Crippen LogP contribution < -0.4 is 25.6 Å². The maximum Gasteiger partial charge on any atom is 2.00 e. The molecule has 5 heterocycles. The predicted molar refractivity (Wildman–Crippen MR) is 270 cm³/mol. The molecule has 0 fully saturated rings. The van der Waals surface area contributed by atoms with E-state index in [1.54, 1.807) is 0 Å². The number of rotatable bonds is 6. The van der Waals surface area contributed by atoms with Crippen LogP contribution in [0, 0.1) is 12.1 Å². The first-order chi connectivity index (χ1) is 32.0. The third-order valence-electron chi connectivity index (χ3n) is 13.9. The van der Waals surface area contributed by atoms with Crippen molar-refractivity contribution < 1.29 is 20.4 Å². The molecule has 0 atom stereocenters. The van der Waals surface area contributed by atoms with Crippen LogP contribution in [0.3, 0.4) is 0 Å². The van der Waals surface area contributed by atoms with E-state index in [1.165, 1.54) is 43.1 Å². The number of imidazole rings is 1. The van der Waals surface area contributed by atoms with Gasteiger partial charge in [-0.25, -0.2) is 4.98 Å². The quantitative estimate of drug-likeness (QED) is 0.0721. The Labute approximate surface area is 397 Å². The second kappa shape index (κ2) is 15.4. The van der Waals surface area contributed by atoms with Crippen LogP contribution in [0.5, 0.6) is 0 Å². The molecular weight excluding hydrogens is 913 g/mol. The maximum atomic E-state index is 5.22. The second-order valence-corrected chi connectivity index (χ2v) is 21.3. The summed E-state index contributed by atoms with van der Waals surface area (Å²) < 4.78 is 4.66. The summed E-state index contributed by atoms with van der Waals surface area (Å²) in [6.45, 7) is 4.71. The average Bonchev–Trinajstić information content (AvgIpc) is 4.00. The van der Waals surface area contributed by atoms with Crippen LogP contribution >= 0.6 is 0 Å². The van der Waals surface area contributed by atoms with Gasteiger partial charge in [0.05, 0.1) is 22.4 Å². The molecule has 0 unspecified atom stereocenters. The van der Waals surface area contributed by atoms with Crippen LogP contribution in [0.25, 0.3) is 54.8 Å². The molecule has 0 N–H and O–H groups in total. The van der Waals surface area contributed by atoms with Crippen molar-refractivity contribution in [3.8, 4) is 5.69 Å². The van der Waals surface area contributed by atoms with E-state index in [9.17, 15) is 0 Å². The first kappa shape index (κ1) is 40.1. The van der Waals surface area contributed by atoms with E-state index in [-0.39, 0.29) is 20.4 Å². The summed E-state index contributed by atoms with van der Waals surface area (Å²) in [6.07, 6.45) is 5.88.